The number of aliphatic hydroxyl groups excluding tert-OH is 1. The zero-order valence-corrected chi connectivity index (χ0v) is 11.0. The van der Waals surface area contributed by atoms with E-state index in [0.29, 0.717) is 5.02 Å². The molecule has 0 aliphatic heterocycles. The molecular weight excluding hydrogens is 234 g/mol. The van der Waals surface area contributed by atoms with Gasteiger partial charge in [0, 0.05) is 17.6 Å². The van der Waals surface area contributed by atoms with Crippen LogP contribution < -0.4 is 0 Å². The summed E-state index contributed by atoms with van der Waals surface area (Å²) in [5, 5.41) is 10.8. The lowest BCUT2D eigenvalue weighted by atomic mass is 10.1. The van der Waals surface area contributed by atoms with Crippen molar-refractivity contribution in [2.24, 2.45) is 0 Å². The molecule has 0 heterocycles. The first kappa shape index (κ1) is 12.9. The number of rotatable bonds is 6. The monoisotopic (exact) mass is 253 g/mol. The van der Waals surface area contributed by atoms with Gasteiger partial charge < -0.3 is 10.0 Å². The first-order chi connectivity index (χ1) is 8.20. The lowest BCUT2D eigenvalue weighted by molar-refractivity contribution is 0.141. The molecule has 2 rings (SSSR count). The van der Waals surface area contributed by atoms with E-state index in [1.165, 1.54) is 12.8 Å². The molecule has 1 unspecified atom stereocenters. The smallest absolute Gasteiger partial charge is 0.0802 e. The summed E-state index contributed by atoms with van der Waals surface area (Å²) in [5.41, 5.74) is 0.959. The molecule has 0 amide bonds. The van der Waals surface area contributed by atoms with Gasteiger partial charge in [0.25, 0.3) is 0 Å². The number of benzene rings is 1. The van der Waals surface area contributed by atoms with E-state index in [4.69, 9.17) is 11.6 Å². The molecule has 1 aliphatic carbocycles. The van der Waals surface area contributed by atoms with Gasteiger partial charge in [-0.25, -0.2) is 0 Å². The number of nitrogens with zero attached hydrogens (tertiary/aromatic N) is 1. The van der Waals surface area contributed by atoms with E-state index in [2.05, 4.69) is 11.8 Å². The van der Waals surface area contributed by atoms with Gasteiger partial charge in [0.15, 0.2) is 0 Å². The first-order valence-electron chi connectivity index (χ1n) is 6.38. The molecule has 2 nitrogen and oxygen atoms in total. The Kier molecular flexibility index (Phi) is 4.43. The molecule has 17 heavy (non-hydrogen) atoms. The molecular formula is C14H20ClNO. The molecule has 1 aromatic carbocycles. The van der Waals surface area contributed by atoms with Crippen molar-refractivity contribution in [1.82, 2.24) is 4.90 Å². The Morgan fingerprint density at radius 1 is 1.35 bits per heavy atom. The molecule has 0 saturated heterocycles. The van der Waals surface area contributed by atoms with Gasteiger partial charge in [0.05, 0.1) is 6.10 Å². The van der Waals surface area contributed by atoms with Crippen molar-refractivity contribution in [3.05, 3.63) is 34.9 Å². The Balaban J connectivity index is 1.83. The molecule has 0 radical (unpaired) electrons. The van der Waals surface area contributed by atoms with Crippen LogP contribution in [0.25, 0.3) is 0 Å². The highest BCUT2D eigenvalue weighted by Crippen LogP contribution is 2.28. The molecule has 1 N–H and O–H groups in total. The Labute approximate surface area is 108 Å². The third-order valence-electron chi connectivity index (χ3n) is 3.41. The second-order valence-electron chi connectivity index (χ2n) is 4.72. The summed E-state index contributed by atoms with van der Waals surface area (Å²) in [6.45, 7) is 4.25. The maximum Gasteiger partial charge on any atom is 0.0802 e. The van der Waals surface area contributed by atoms with E-state index >= 15 is 0 Å². The minimum absolute atomic E-state index is 0.375. The zero-order chi connectivity index (χ0) is 12.3. The highest BCUT2D eigenvalue weighted by atomic mass is 35.5. The summed E-state index contributed by atoms with van der Waals surface area (Å²) < 4.78 is 0. The fourth-order valence-electron chi connectivity index (χ4n) is 2.18. The van der Waals surface area contributed by atoms with E-state index in [1.54, 1.807) is 0 Å². The minimum Gasteiger partial charge on any atom is -0.388 e. The van der Waals surface area contributed by atoms with E-state index in [-0.39, 0.29) is 6.10 Å². The van der Waals surface area contributed by atoms with Gasteiger partial charge in [0.2, 0.25) is 0 Å². The molecule has 1 fully saturated rings. The van der Waals surface area contributed by atoms with Crippen LogP contribution in [0, 0.1) is 0 Å². The molecule has 1 aromatic rings. The van der Waals surface area contributed by atoms with Gasteiger partial charge in [-0.2, -0.15) is 0 Å². The van der Waals surface area contributed by atoms with Crippen LogP contribution in [0.15, 0.2) is 24.3 Å². The van der Waals surface area contributed by atoms with Crippen molar-refractivity contribution in [2.75, 3.05) is 13.1 Å². The van der Waals surface area contributed by atoms with Crippen molar-refractivity contribution in [2.45, 2.75) is 38.3 Å². The number of hydrogen-bond donors (Lipinski definition) is 1. The molecule has 1 atom stereocenters. The number of halogens is 1. The molecule has 0 aromatic heterocycles. The van der Waals surface area contributed by atoms with Crippen LogP contribution in [0.5, 0.6) is 0 Å². The van der Waals surface area contributed by atoms with Gasteiger partial charge in [-0.05, 0) is 43.5 Å². The van der Waals surface area contributed by atoms with E-state index in [1.807, 2.05) is 24.3 Å². The largest absolute Gasteiger partial charge is 0.388 e. The highest BCUT2D eigenvalue weighted by molar-refractivity contribution is 6.30. The SMILES string of the molecule is CCN(CCC(O)c1ccc(Cl)cc1)C1CC1. The number of aliphatic hydroxyl groups is 1. The lowest BCUT2D eigenvalue weighted by Crippen LogP contribution is -2.27. The molecule has 94 valence electrons. The topological polar surface area (TPSA) is 23.5 Å². The van der Waals surface area contributed by atoms with Crippen molar-refractivity contribution in [3.63, 3.8) is 0 Å². The maximum atomic E-state index is 10.1. The molecule has 0 spiro atoms. The van der Waals surface area contributed by atoms with Crippen LogP contribution in [-0.2, 0) is 0 Å². The van der Waals surface area contributed by atoms with Crippen molar-refractivity contribution >= 4 is 11.6 Å². The van der Waals surface area contributed by atoms with Crippen molar-refractivity contribution in [3.8, 4) is 0 Å². The summed E-state index contributed by atoms with van der Waals surface area (Å²) in [5.74, 6) is 0. The van der Waals surface area contributed by atoms with Crippen LogP contribution in [0.1, 0.15) is 37.9 Å². The van der Waals surface area contributed by atoms with E-state index < -0.39 is 0 Å². The van der Waals surface area contributed by atoms with Crippen LogP contribution in [-0.4, -0.2) is 29.1 Å². The first-order valence-corrected chi connectivity index (χ1v) is 6.76. The second kappa shape index (κ2) is 5.85. The fraction of sp³-hybridized carbons (Fsp3) is 0.571. The Hall–Kier alpha value is -0.570. The lowest BCUT2D eigenvalue weighted by Gasteiger charge is -2.21. The third kappa shape index (κ3) is 3.70. The van der Waals surface area contributed by atoms with Crippen molar-refractivity contribution < 1.29 is 5.11 Å². The summed E-state index contributed by atoms with van der Waals surface area (Å²) in [7, 11) is 0. The Bertz CT molecular complexity index is 348. The van der Waals surface area contributed by atoms with E-state index in [0.717, 1.165) is 31.1 Å². The maximum absolute atomic E-state index is 10.1. The fourth-order valence-corrected chi connectivity index (χ4v) is 2.30. The van der Waals surface area contributed by atoms with Crippen LogP contribution in [0.2, 0.25) is 5.02 Å². The number of hydrogen-bond acceptors (Lipinski definition) is 2. The van der Waals surface area contributed by atoms with E-state index in [9.17, 15) is 5.11 Å². The zero-order valence-electron chi connectivity index (χ0n) is 10.3. The predicted octanol–water partition coefficient (Wildman–Crippen LogP) is 3.25. The second-order valence-corrected chi connectivity index (χ2v) is 5.15. The standard InChI is InChI=1S/C14H20ClNO/c1-2-16(13-7-8-13)10-9-14(17)11-3-5-12(15)6-4-11/h3-6,13-14,17H,2,7-10H2,1H3. The average molecular weight is 254 g/mol. The Morgan fingerprint density at radius 3 is 2.53 bits per heavy atom. The van der Waals surface area contributed by atoms with Gasteiger partial charge in [-0.15, -0.1) is 0 Å². The van der Waals surface area contributed by atoms with Gasteiger partial charge in [-0.1, -0.05) is 30.7 Å². The highest BCUT2D eigenvalue weighted by Gasteiger charge is 2.27. The van der Waals surface area contributed by atoms with Crippen LogP contribution in [0.3, 0.4) is 0 Å². The van der Waals surface area contributed by atoms with Crippen LogP contribution in [0.4, 0.5) is 0 Å². The summed E-state index contributed by atoms with van der Waals surface area (Å²) in [4.78, 5) is 2.46. The van der Waals surface area contributed by atoms with Gasteiger partial charge in [-0.3, -0.25) is 0 Å². The summed E-state index contributed by atoms with van der Waals surface area (Å²) in [6.07, 6.45) is 3.07. The Morgan fingerprint density at radius 2 is 2.00 bits per heavy atom. The molecule has 3 heteroatoms. The quantitative estimate of drug-likeness (QED) is 0.841. The predicted molar refractivity (Wildman–Crippen MR) is 71.3 cm³/mol. The molecule has 1 saturated carbocycles. The average Bonchev–Trinajstić information content (AvgIpc) is 3.15. The molecule has 0 bridgehead atoms. The van der Waals surface area contributed by atoms with Gasteiger partial charge >= 0.3 is 0 Å². The molecule has 1 aliphatic rings. The minimum atomic E-state index is -0.375. The van der Waals surface area contributed by atoms with Crippen molar-refractivity contribution in [1.29, 1.82) is 0 Å². The van der Waals surface area contributed by atoms with Crippen LogP contribution >= 0.6 is 11.6 Å². The third-order valence-corrected chi connectivity index (χ3v) is 3.67. The summed E-state index contributed by atoms with van der Waals surface area (Å²) >= 11 is 5.83. The summed E-state index contributed by atoms with van der Waals surface area (Å²) in [6, 6.07) is 8.25. The normalized spacial score (nSPS) is 17.4. The van der Waals surface area contributed by atoms with Gasteiger partial charge in [0.1, 0.15) is 0 Å².